The quantitative estimate of drug-likeness (QED) is 0.735. The number of nitrogens with one attached hydrogen (secondary N) is 1. The number of hydrogen-bond acceptors (Lipinski definition) is 4. The second-order valence-electron chi connectivity index (χ2n) is 7.95. The third-order valence-electron chi connectivity index (χ3n) is 5.05. The molecule has 4 nitrogen and oxygen atoms in total. The van der Waals surface area contributed by atoms with Crippen LogP contribution in [0, 0.1) is 5.92 Å². The summed E-state index contributed by atoms with van der Waals surface area (Å²) in [6.07, 6.45) is 3.49. The Labute approximate surface area is 166 Å². The molecule has 2 heterocycles. The Bertz CT molecular complexity index is 701. The standard InChI is InChI=1S/C22H31F2N3O/c1-17(2)4-5-20-16-19(26-14-11-25-12-15-26)10-13-27(20)18-6-8-21(9-7-18)28-22(3,23)24/h6-10,16-17,25H,4-5,11-15H2,1-3H3. The lowest BCUT2D eigenvalue weighted by Gasteiger charge is -2.36. The van der Waals surface area contributed by atoms with Crippen molar-refractivity contribution < 1.29 is 13.5 Å². The van der Waals surface area contributed by atoms with Gasteiger partial charge in [0.2, 0.25) is 0 Å². The Balaban J connectivity index is 1.77. The van der Waals surface area contributed by atoms with Gasteiger partial charge in [-0.25, -0.2) is 0 Å². The van der Waals surface area contributed by atoms with E-state index in [9.17, 15) is 8.78 Å². The van der Waals surface area contributed by atoms with Gasteiger partial charge in [-0.3, -0.25) is 0 Å². The monoisotopic (exact) mass is 391 g/mol. The Morgan fingerprint density at radius 3 is 2.43 bits per heavy atom. The molecule has 0 unspecified atom stereocenters. The molecular weight excluding hydrogens is 360 g/mol. The van der Waals surface area contributed by atoms with Gasteiger partial charge in [0, 0.05) is 56.7 Å². The lowest BCUT2D eigenvalue weighted by atomic mass is 10.0. The van der Waals surface area contributed by atoms with Crippen LogP contribution >= 0.6 is 0 Å². The van der Waals surface area contributed by atoms with Gasteiger partial charge in [-0.2, -0.15) is 8.78 Å². The molecule has 0 radical (unpaired) electrons. The number of allylic oxidation sites excluding steroid dienone is 2. The average molecular weight is 392 g/mol. The normalized spacial score (nSPS) is 18.2. The molecular formula is C22H31F2N3O. The van der Waals surface area contributed by atoms with Gasteiger partial charge in [-0.15, -0.1) is 0 Å². The van der Waals surface area contributed by atoms with Gasteiger partial charge in [0.15, 0.2) is 0 Å². The number of ether oxygens (including phenoxy) is 1. The van der Waals surface area contributed by atoms with Crippen LogP contribution in [0.25, 0.3) is 0 Å². The number of halogens is 2. The molecule has 0 saturated carbocycles. The van der Waals surface area contributed by atoms with Gasteiger partial charge in [0.05, 0.1) is 0 Å². The van der Waals surface area contributed by atoms with Crippen molar-refractivity contribution in [2.75, 3.05) is 37.6 Å². The molecule has 0 bridgehead atoms. The minimum absolute atomic E-state index is 0.179. The van der Waals surface area contributed by atoms with Crippen molar-refractivity contribution in [2.45, 2.75) is 39.7 Å². The minimum Gasteiger partial charge on any atom is -0.433 e. The first-order chi connectivity index (χ1) is 13.3. The predicted molar refractivity (Wildman–Crippen MR) is 110 cm³/mol. The fourth-order valence-electron chi connectivity index (χ4n) is 3.57. The molecule has 1 fully saturated rings. The van der Waals surface area contributed by atoms with Crippen LogP contribution in [-0.4, -0.2) is 43.7 Å². The van der Waals surface area contributed by atoms with E-state index >= 15 is 0 Å². The van der Waals surface area contributed by atoms with Gasteiger partial charge in [-0.05, 0) is 55.2 Å². The van der Waals surface area contributed by atoms with Crippen molar-refractivity contribution in [1.82, 2.24) is 10.2 Å². The molecule has 28 heavy (non-hydrogen) atoms. The molecule has 0 spiro atoms. The Morgan fingerprint density at radius 2 is 1.82 bits per heavy atom. The van der Waals surface area contributed by atoms with E-state index in [4.69, 9.17) is 0 Å². The smallest absolute Gasteiger partial charge is 0.394 e. The van der Waals surface area contributed by atoms with E-state index in [2.05, 4.69) is 45.9 Å². The van der Waals surface area contributed by atoms with E-state index in [0.717, 1.165) is 58.2 Å². The largest absolute Gasteiger partial charge is 0.433 e. The summed E-state index contributed by atoms with van der Waals surface area (Å²) in [4.78, 5) is 4.70. The Kier molecular flexibility index (Phi) is 6.60. The maximum atomic E-state index is 13.1. The third-order valence-corrected chi connectivity index (χ3v) is 5.05. The fourth-order valence-corrected chi connectivity index (χ4v) is 3.57. The summed E-state index contributed by atoms with van der Waals surface area (Å²) in [7, 11) is 0. The van der Waals surface area contributed by atoms with E-state index in [-0.39, 0.29) is 5.75 Å². The van der Waals surface area contributed by atoms with Crippen LogP contribution in [0.4, 0.5) is 14.5 Å². The number of piperazine rings is 1. The SMILES string of the molecule is CC(C)CCC1=CC(N2CCNCC2)=CCN1c1ccc(OC(C)(F)F)cc1. The van der Waals surface area contributed by atoms with Crippen molar-refractivity contribution in [3.8, 4) is 5.75 Å². The number of benzene rings is 1. The second-order valence-corrected chi connectivity index (χ2v) is 7.95. The zero-order valence-corrected chi connectivity index (χ0v) is 17.0. The molecule has 0 amide bonds. The van der Waals surface area contributed by atoms with Crippen molar-refractivity contribution in [3.63, 3.8) is 0 Å². The summed E-state index contributed by atoms with van der Waals surface area (Å²) in [6, 6.07) is 6.94. The van der Waals surface area contributed by atoms with Crippen LogP contribution < -0.4 is 15.0 Å². The number of alkyl halides is 2. The van der Waals surface area contributed by atoms with E-state index < -0.39 is 6.11 Å². The molecule has 1 aromatic carbocycles. The third kappa shape index (κ3) is 5.71. The lowest BCUT2D eigenvalue weighted by molar-refractivity contribution is -0.158. The minimum atomic E-state index is -3.17. The average Bonchev–Trinajstić information content (AvgIpc) is 2.66. The van der Waals surface area contributed by atoms with Gasteiger partial charge in [0.25, 0.3) is 0 Å². The molecule has 2 aliphatic rings. The first kappa shape index (κ1) is 20.6. The molecule has 0 aromatic heterocycles. The van der Waals surface area contributed by atoms with Gasteiger partial charge < -0.3 is 19.9 Å². The van der Waals surface area contributed by atoms with E-state index in [1.165, 1.54) is 11.4 Å². The summed E-state index contributed by atoms with van der Waals surface area (Å²) < 4.78 is 30.8. The molecule has 3 rings (SSSR count). The predicted octanol–water partition coefficient (Wildman–Crippen LogP) is 4.61. The zero-order chi connectivity index (χ0) is 20.1. The van der Waals surface area contributed by atoms with Crippen molar-refractivity contribution in [1.29, 1.82) is 0 Å². The lowest BCUT2D eigenvalue weighted by Crippen LogP contribution is -2.43. The highest BCUT2D eigenvalue weighted by molar-refractivity contribution is 5.57. The first-order valence-electron chi connectivity index (χ1n) is 10.1. The summed E-state index contributed by atoms with van der Waals surface area (Å²) >= 11 is 0. The Hall–Kier alpha value is -2.08. The maximum Gasteiger partial charge on any atom is 0.394 e. The number of hydrogen-bond donors (Lipinski definition) is 1. The Morgan fingerprint density at radius 1 is 1.14 bits per heavy atom. The van der Waals surface area contributed by atoms with Gasteiger partial charge >= 0.3 is 6.11 Å². The van der Waals surface area contributed by atoms with E-state index in [1.54, 1.807) is 12.1 Å². The summed E-state index contributed by atoms with van der Waals surface area (Å²) in [5.41, 5.74) is 3.57. The number of anilines is 1. The molecule has 0 atom stereocenters. The fraction of sp³-hybridized carbons (Fsp3) is 0.545. The molecule has 1 saturated heterocycles. The molecule has 154 valence electrons. The van der Waals surface area contributed by atoms with E-state index in [1.807, 2.05) is 12.1 Å². The molecule has 2 aliphatic heterocycles. The summed E-state index contributed by atoms with van der Waals surface area (Å²) in [5.74, 6) is 0.803. The highest BCUT2D eigenvalue weighted by Gasteiger charge is 2.24. The van der Waals surface area contributed by atoms with E-state index in [0.29, 0.717) is 5.92 Å². The number of rotatable bonds is 7. The van der Waals surface area contributed by atoms with Crippen LogP contribution in [0.3, 0.4) is 0 Å². The summed E-state index contributed by atoms with van der Waals surface area (Å²) in [6.45, 7) is 10.1. The maximum absolute atomic E-state index is 13.1. The number of nitrogens with zero attached hydrogens (tertiary/aromatic N) is 2. The second kappa shape index (κ2) is 8.95. The molecule has 1 aromatic rings. The summed E-state index contributed by atoms with van der Waals surface area (Å²) in [5, 5.41) is 3.40. The molecule has 1 N–H and O–H groups in total. The van der Waals surface area contributed by atoms with Crippen LogP contribution in [0.1, 0.15) is 33.6 Å². The van der Waals surface area contributed by atoms with Crippen LogP contribution in [0.2, 0.25) is 0 Å². The highest BCUT2D eigenvalue weighted by Crippen LogP contribution is 2.31. The van der Waals surface area contributed by atoms with Gasteiger partial charge in [-0.1, -0.05) is 13.8 Å². The zero-order valence-electron chi connectivity index (χ0n) is 17.0. The topological polar surface area (TPSA) is 27.7 Å². The molecule has 0 aliphatic carbocycles. The van der Waals surface area contributed by atoms with Crippen molar-refractivity contribution >= 4 is 5.69 Å². The van der Waals surface area contributed by atoms with Crippen LogP contribution in [-0.2, 0) is 0 Å². The van der Waals surface area contributed by atoms with Crippen molar-refractivity contribution in [2.24, 2.45) is 5.92 Å². The van der Waals surface area contributed by atoms with Crippen molar-refractivity contribution in [3.05, 3.63) is 47.8 Å². The van der Waals surface area contributed by atoms with Crippen LogP contribution in [0.15, 0.2) is 47.8 Å². The van der Waals surface area contributed by atoms with Crippen LogP contribution in [0.5, 0.6) is 5.75 Å². The highest BCUT2D eigenvalue weighted by atomic mass is 19.3. The molecule has 6 heteroatoms. The first-order valence-corrected chi connectivity index (χ1v) is 10.1. The van der Waals surface area contributed by atoms with Gasteiger partial charge in [0.1, 0.15) is 5.75 Å².